The van der Waals surface area contributed by atoms with E-state index in [9.17, 15) is 9.18 Å². The average molecular weight is 339 g/mol. The van der Waals surface area contributed by atoms with E-state index in [2.05, 4.69) is 28.7 Å². The van der Waals surface area contributed by atoms with Crippen LogP contribution in [0.1, 0.15) is 36.8 Å². The molecule has 0 unspecified atom stereocenters. The molecule has 130 valence electrons. The molecule has 0 aliphatic rings. The van der Waals surface area contributed by atoms with Gasteiger partial charge in [0.1, 0.15) is 11.6 Å². The summed E-state index contributed by atoms with van der Waals surface area (Å²) in [6, 6.07) is 12.7. The van der Waals surface area contributed by atoms with Crippen LogP contribution >= 0.6 is 0 Å². The number of carbonyl (C=O) groups excluding carboxylic acids is 1. The molecule has 1 heterocycles. The van der Waals surface area contributed by atoms with Crippen molar-refractivity contribution in [3.05, 3.63) is 65.2 Å². The zero-order chi connectivity index (χ0) is 18.0. The Balaban J connectivity index is 1.69. The molecule has 0 spiro atoms. The highest BCUT2D eigenvalue weighted by molar-refractivity contribution is 5.79. The van der Waals surface area contributed by atoms with Crippen LogP contribution < -0.4 is 5.32 Å². The van der Waals surface area contributed by atoms with Crippen molar-refractivity contribution in [2.45, 2.75) is 39.8 Å². The molecule has 0 saturated carbocycles. The lowest BCUT2D eigenvalue weighted by Gasteiger charge is -2.11. The SMILES string of the molecule is Cc1nc2cc(CNC(=O)Cc3ccccc3F)ccc2n1C(C)C. The Hall–Kier alpha value is -2.69. The Labute approximate surface area is 146 Å². The first kappa shape index (κ1) is 17.1. The Morgan fingerprint density at radius 3 is 2.72 bits per heavy atom. The Morgan fingerprint density at radius 1 is 1.24 bits per heavy atom. The van der Waals surface area contributed by atoms with Crippen molar-refractivity contribution in [3.63, 3.8) is 0 Å². The third-order valence-electron chi connectivity index (χ3n) is 4.25. The van der Waals surface area contributed by atoms with E-state index in [1.807, 2.05) is 25.1 Å². The lowest BCUT2D eigenvalue weighted by atomic mass is 10.1. The molecule has 0 bridgehead atoms. The van der Waals surface area contributed by atoms with Gasteiger partial charge in [-0.15, -0.1) is 0 Å². The Bertz CT molecular complexity index is 914. The van der Waals surface area contributed by atoms with Crippen molar-refractivity contribution in [2.24, 2.45) is 0 Å². The van der Waals surface area contributed by atoms with Gasteiger partial charge in [0, 0.05) is 12.6 Å². The summed E-state index contributed by atoms with van der Waals surface area (Å²) in [7, 11) is 0. The second kappa shape index (κ2) is 7.05. The molecule has 0 saturated heterocycles. The fourth-order valence-electron chi connectivity index (χ4n) is 3.10. The second-order valence-electron chi connectivity index (χ2n) is 6.49. The number of nitrogens with one attached hydrogen (secondary N) is 1. The van der Waals surface area contributed by atoms with Gasteiger partial charge in [-0.2, -0.15) is 0 Å². The fraction of sp³-hybridized carbons (Fsp3) is 0.300. The molecule has 0 atom stereocenters. The summed E-state index contributed by atoms with van der Waals surface area (Å²) in [6.07, 6.45) is 0.0377. The molecule has 25 heavy (non-hydrogen) atoms. The summed E-state index contributed by atoms with van der Waals surface area (Å²) in [5.41, 5.74) is 3.39. The number of hydrogen-bond acceptors (Lipinski definition) is 2. The molecule has 4 nitrogen and oxygen atoms in total. The molecule has 1 amide bonds. The number of halogens is 1. The summed E-state index contributed by atoms with van der Waals surface area (Å²) >= 11 is 0. The molecule has 0 fully saturated rings. The van der Waals surface area contributed by atoms with Gasteiger partial charge in [0.25, 0.3) is 0 Å². The smallest absolute Gasteiger partial charge is 0.224 e. The summed E-state index contributed by atoms with van der Waals surface area (Å²) in [4.78, 5) is 16.7. The minimum absolute atomic E-state index is 0.0377. The lowest BCUT2D eigenvalue weighted by Crippen LogP contribution is -2.24. The zero-order valence-electron chi connectivity index (χ0n) is 14.7. The lowest BCUT2D eigenvalue weighted by molar-refractivity contribution is -0.120. The highest BCUT2D eigenvalue weighted by Crippen LogP contribution is 2.21. The minimum Gasteiger partial charge on any atom is -0.352 e. The van der Waals surface area contributed by atoms with Crippen LogP contribution in [0.4, 0.5) is 4.39 Å². The number of rotatable bonds is 5. The van der Waals surface area contributed by atoms with Gasteiger partial charge in [0.2, 0.25) is 5.91 Å². The van der Waals surface area contributed by atoms with Crippen LogP contribution in [-0.4, -0.2) is 15.5 Å². The standard InChI is InChI=1S/C20H22FN3O/c1-13(2)24-14(3)23-18-10-15(8-9-19(18)24)12-22-20(25)11-16-6-4-5-7-17(16)21/h4-10,13H,11-12H2,1-3H3,(H,22,25). The average Bonchev–Trinajstić information content (AvgIpc) is 2.90. The largest absolute Gasteiger partial charge is 0.352 e. The van der Waals surface area contributed by atoms with Crippen LogP contribution in [0.2, 0.25) is 0 Å². The van der Waals surface area contributed by atoms with Crippen LogP contribution in [0.3, 0.4) is 0 Å². The van der Waals surface area contributed by atoms with Gasteiger partial charge in [-0.1, -0.05) is 24.3 Å². The molecule has 2 aromatic carbocycles. The Kier molecular flexibility index (Phi) is 4.83. The topological polar surface area (TPSA) is 46.9 Å². The van der Waals surface area contributed by atoms with Crippen LogP contribution in [0.25, 0.3) is 11.0 Å². The predicted molar refractivity (Wildman–Crippen MR) is 96.8 cm³/mol. The number of nitrogens with zero attached hydrogens (tertiary/aromatic N) is 2. The van der Waals surface area contributed by atoms with Gasteiger partial charge in [0.15, 0.2) is 0 Å². The maximum absolute atomic E-state index is 13.6. The molecule has 3 rings (SSSR count). The number of aryl methyl sites for hydroxylation is 1. The molecular weight excluding hydrogens is 317 g/mol. The van der Waals surface area contributed by atoms with E-state index >= 15 is 0 Å². The van der Waals surface area contributed by atoms with Crippen molar-refractivity contribution in [3.8, 4) is 0 Å². The van der Waals surface area contributed by atoms with Crippen molar-refractivity contribution in [1.29, 1.82) is 0 Å². The number of benzene rings is 2. The van der Waals surface area contributed by atoms with E-state index < -0.39 is 0 Å². The van der Waals surface area contributed by atoms with Crippen LogP contribution in [-0.2, 0) is 17.8 Å². The number of carbonyl (C=O) groups is 1. The van der Waals surface area contributed by atoms with Gasteiger partial charge in [-0.25, -0.2) is 9.37 Å². The number of amides is 1. The van der Waals surface area contributed by atoms with Crippen molar-refractivity contribution >= 4 is 16.9 Å². The zero-order valence-corrected chi connectivity index (χ0v) is 14.7. The molecule has 3 aromatic rings. The first-order valence-corrected chi connectivity index (χ1v) is 8.43. The maximum atomic E-state index is 13.6. The van der Waals surface area contributed by atoms with Crippen LogP contribution in [0.5, 0.6) is 0 Å². The van der Waals surface area contributed by atoms with E-state index in [1.165, 1.54) is 6.07 Å². The van der Waals surface area contributed by atoms with Crippen molar-refractivity contribution < 1.29 is 9.18 Å². The summed E-state index contributed by atoms with van der Waals surface area (Å²) in [5, 5.41) is 2.84. The molecule has 0 radical (unpaired) electrons. The molecular formula is C20H22FN3O. The van der Waals surface area contributed by atoms with Crippen LogP contribution in [0.15, 0.2) is 42.5 Å². The number of imidazole rings is 1. The molecule has 5 heteroatoms. The summed E-state index contributed by atoms with van der Waals surface area (Å²) in [5.74, 6) is 0.425. The first-order valence-electron chi connectivity index (χ1n) is 8.43. The van der Waals surface area contributed by atoms with Gasteiger partial charge in [0.05, 0.1) is 17.5 Å². The van der Waals surface area contributed by atoms with E-state index in [1.54, 1.807) is 18.2 Å². The molecule has 0 aliphatic carbocycles. The van der Waals surface area contributed by atoms with E-state index in [0.717, 1.165) is 22.4 Å². The molecule has 0 aliphatic heterocycles. The van der Waals surface area contributed by atoms with Gasteiger partial charge in [-0.05, 0) is 50.1 Å². The maximum Gasteiger partial charge on any atom is 0.224 e. The molecule has 1 N–H and O–H groups in total. The first-order chi connectivity index (χ1) is 12.0. The highest BCUT2D eigenvalue weighted by atomic mass is 19.1. The number of fused-ring (bicyclic) bond motifs is 1. The third kappa shape index (κ3) is 3.71. The molecule has 1 aromatic heterocycles. The van der Waals surface area contributed by atoms with Crippen LogP contribution in [0, 0.1) is 12.7 Å². The minimum atomic E-state index is -0.353. The van der Waals surface area contributed by atoms with Gasteiger partial charge in [-0.3, -0.25) is 4.79 Å². The van der Waals surface area contributed by atoms with Crippen molar-refractivity contribution in [1.82, 2.24) is 14.9 Å². The van der Waals surface area contributed by atoms with Gasteiger partial charge < -0.3 is 9.88 Å². The predicted octanol–water partition coefficient (Wildman–Crippen LogP) is 3.92. The van der Waals surface area contributed by atoms with Crippen molar-refractivity contribution in [2.75, 3.05) is 0 Å². The summed E-state index contributed by atoms with van der Waals surface area (Å²) in [6.45, 7) is 6.66. The fourth-order valence-corrected chi connectivity index (χ4v) is 3.10. The monoisotopic (exact) mass is 339 g/mol. The van der Waals surface area contributed by atoms with Gasteiger partial charge >= 0.3 is 0 Å². The van der Waals surface area contributed by atoms with E-state index in [0.29, 0.717) is 18.2 Å². The second-order valence-corrected chi connectivity index (χ2v) is 6.49. The highest BCUT2D eigenvalue weighted by Gasteiger charge is 2.11. The Morgan fingerprint density at radius 2 is 2.00 bits per heavy atom. The van der Waals surface area contributed by atoms with E-state index in [4.69, 9.17) is 0 Å². The quantitative estimate of drug-likeness (QED) is 0.766. The third-order valence-corrected chi connectivity index (χ3v) is 4.25. The summed E-state index contributed by atoms with van der Waals surface area (Å²) < 4.78 is 15.8. The van der Waals surface area contributed by atoms with E-state index in [-0.39, 0.29) is 18.1 Å². The normalized spacial score (nSPS) is 11.2. The number of aromatic nitrogens is 2. The number of hydrogen-bond donors (Lipinski definition) is 1.